The summed E-state index contributed by atoms with van der Waals surface area (Å²) in [5, 5.41) is 2.48. The molecule has 11 rings (SSSR count). The first-order valence-electron chi connectivity index (χ1n) is 19.1. The Bertz CT molecular complexity index is 2960. The molecule has 0 N–H and O–H groups in total. The van der Waals surface area contributed by atoms with Gasteiger partial charge < -0.3 is 0 Å². The zero-order valence-electron chi connectivity index (χ0n) is 30.4. The van der Waals surface area contributed by atoms with Crippen molar-refractivity contribution >= 4 is 31.5 Å². The van der Waals surface area contributed by atoms with Crippen molar-refractivity contribution in [3.63, 3.8) is 0 Å². The highest BCUT2D eigenvalue weighted by Crippen LogP contribution is 2.57. The van der Waals surface area contributed by atoms with E-state index in [1.807, 2.05) is 23.5 Å². The number of rotatable bonds is 6. The highest BCUT2D eigenvalue weighted by molar-refractivity contribution is 7.26. The van der Waals surface area contributed by atoms with Gasteiger partial charge in [0.15, 0.2) is 5.82 Å². The lowest BCUT2D eigenvalue weighted by Crippen LogP contribution is -2.28. The first kappa shape index (κ1) is 32.5. The fourth-order valence-electron chi connectivity index (χ4n) is 8.94. The van der Waals surface area contributed by atoms with Crippen molar-refractivity contribution in [1.82, 2.24) is 9.97 Å². The van der Waals surface area contributed by atoms with Crippen LogP contribution in [0.1, 0.15) is 22.3 Å². The van der Waals surface area contributed by atoms with Crippen LogP contribution in [-0.2, 0) is 5.41 Å². The van der Waals surface area contributed by atoms with Gasteiger partial charge in [0.2, 0.25) is 0 Å². The van der Waals surface area contributed by atoms with Crippen LogP contribution in [0.4, 0.5) is 0 Å². The van der Waals surface area contributed by atoms with Crippen LogP contribution in [-0.4, -0.2) is 9.97 Å². The minimum Gasteiger partial charge on any atom is -0.228 e. The molecule has 2 nitrogen and oxygen atoms in total. The molecule has 0 fully saturated rings. The van der Waals surface area contributed by atoms with E-state index in [1.165, 1.54) is 64.7 Å². The lowest BCUT2D eigenvalue weighted by atomic mass is 9.67. The van der Waals surface area contributed by atoms with Gasteiger partial charge in [0.05, 0.1) is 16.8 Å². The van der Waals surface area contributed by atoms with E-state index in [9.17, 15) is 0 Å². The van der Waals surface area contributed by atoms with Crippen molar-refractivity contribution in [3.8, 4) is 56.2 Å². The predicted octanol–water partition coefficient (Wildman–Crippen LogP) is 13.9. The first-order valence-corrected chi connectivity index (χ1v) is 19.9. The van der Waals surface area contributed by atoms with Crippen molar-refractivity contribution in [2.75, 3.05) is 0 Å². The maximum Gasteiger partial charge on any atom is 0.161 e. The maximum absolute atomic E-state index is 5.27. The molecular formula is C53H34N2S. The van der Waals surface area contributed by atoms with Crippen molar-refractivity contribution in [1.29, 1.82) is 0 Å². The van der Waals surface area contributed by atoms with Gasteiger partial charge in [-0.3, -0.25) is 0 Å². The predicted molar refractivity (Wildman–Crippen MR) is 234 cm³/mol. The third-order valence-electron chi connectivity index (χ3n) is 11.4. The molecule has 0 amide bonds. The van der Waals surface area contributed by atoms with Crippen LogP contribution in [0.25, 0.3) is 76.3 Å². The van der Waals surface area contributed by atoms with Crippen LogP contribution in [0.3, 0.4) is 0 Å². The fourth-order valence-corrected chi connectivity index (χ4v) is 10.2. The molecule has 0 aliphatic heterocycles. The van der Waals surface area contributed by atoms with Crippen molar-refractivity contribution in [2.45, 2.75) is 5.41 Å². The zero-order chi connectivity index (χ0) is 37.1. The monoisotopic (exact) mass is 730 g/mol. The lowest BCUT2D eigenvalue weighted by molar-refractivity contribution is 0.769. The molecule has 0 bridgehead atoms. The van der Waals surface area contributed by atoms with E-state index < -0.39 is 5.41 Å². The van der Waals surface area contributed by atoms with E-state index in [0.29, 0.717) is 0 Å². The number of aromatic nitrogens is 2. The van der Waals surface area contributed by atoms with Gasteiger partial charge in [-0.15, -0.1) is 11.3 Å². The minimum atomic E-state index is -0.472. The molecule has 0 radical (unpaired) electrons. The summed E-state index contributed by atoms with van der Waals surface area (Å²) in [6.07, 6.45) is 0. The second kappa shape index (κ2) is 13.1. The SMILES string of the molecule is c1ccc(-c2cc(-c3ccccc3)nc(-c3ccc(-c4ccc5c(c4)C(c4ccccc4)(c4ccccc4)c4ccccc4-5)c4c3sc3ccccc34)n2)cc1. The number of thiophene rings is 1. The Morgan fingerprint density at radius 2 is 0.893 bits per heavy atom. The smallest absolute Gasteiger partial charge is 0.161 e. The number of hydrogen-bond donors (Lipinski definition) is 0. The summed E-state index contributed by atoms with van der Waals surface area (Å²) in [5.41, 5.74) is 14.6. The second-order valence-corrected chi connectivity index (χ2v) is 15.5. The highest BCUT2D eigenvalue weighted by Gasteiger charge is 2.46. The zero-order valence-corrected chi connectivity index (χ0v) is 31.2. The Hall–Kier alpha value is -6.94. The van der Waals surface area contributed by atoms with Crippen LogP contribution in [0.2, 0.25) is 0 Å². The average molecular weight is 731 g/mol. The van der Waals surface area contributed by atoms with Crippen LogP contribution < -0.4 is 0 Å². The normalized spacial score (nSPS) is 12.8. The topological polar surface area (TPSA) is 25.8 Å². The summed E-state index contributed by atoms with van der Waals surface area (Å²) in [4.78, 5) is 10.5. The molecule has 56 heavy (non-hydrogen) atoms. The summed E-state index contributed by atoms with van der Waals surface area (Å²) in [5.74, 6) is 0.727. The molecule has 0 atom stereocenters. The minimum absolute atomic E-state index is 0.472. The van der Waals surface area contributed by atoms with E-state index in [1.54, 1.807) is 0 Å². The number of hydrogen-bond acceptors (Lipinski definition) is 3. The fraction of sp³-hybridized carbons (Fsp3) is 0.0189. The summed E-state index contributed by atoms with van der Waals surface area (Å²) in [6, 6.07) is 74.5. The quantitative estimate of drug-likeness (QED) is 0.170. The van der Waals surface area contributed by atoms with Gasteiger partial charge in [-0.05, 0) is 68.8 Å². The van der Waals surface area contributed by atoms with E-state index in [4.69, 9.17) is 9.97 Å². The Morgan fingerprint density at radius 1 is 0.375 bits per heavy atom. The van der Waals surface area contributed by atoms with Gasteiger partial charge >= 0.3 is 0 Å². The van der Waals surface area contributed by atoms with Crippen LogP contribution in [0.5, 0.6) is 0 Å². The van der Waals surface area contributed by atoms with E-state index in [-0.39, 0.29) is 0 Å². The van der Waals surface area contributed by atoms with Gasteiger partial charge in [-0.1, -0.05) is 182 Å². The molecule has 3 heteroatoms. The largest absolute Gasteiger partial charge is 0.228 e. The average Bonchev–Trinajstić information content (AvgIpc) is 3.81. The molecular weight excluding hydrogens is 697 g/mol. The number of fused-ring (bicyclic) bond motifs is 6. The first-order chi connectivity index (χ1) is 27.8. The van der Waals surface area contributed by atoms with Gasteiger partial charge in [-0.25, -0.2) is 9.97 Å². The van der Waals surface area contributed by atoms with Gasteiger partial charge in [0.1, 0.15) is 0 Å². The summed E-state index contributed by atoms with van der Waals surface area (Å²) in [6.45, 7) is 0. The molecule has 262 valence electrons. The summed E-state index contributed by atoms with van der Waals surface area (Å²) < 4.78 is 2.43. The van der Waals surface area contributed by atoms with Crippen LogP contribution in [0, 0.1) is 0 Å². The van der Waals surface area contributed by atoms with E-state index in [2.05, 4.69) is 194 Å². The molecule has 2 aromatic heterocycles. The van der Waals surface area contributed by atoms with Gasteiger partial charge in [0.25, 0.3) is 0 Å². The Labute approximate surface area is 330 Å². The molecule has 0 saturated carbocycles. The molecule has 0 saturated heterocycles. The van der Waals surface area contributed by atoms with Crippen molar-refractivity contribution < 1.29 is 0 Å². The van der Waals surface area contributed by atoms with Crippen molar-refractivity contribution in [2.24, 2.45) is 0 Å². The van der Waals surface area contributed by atoms with Gasteiger partial charge in [-0.2, -0.15) is 0 Å². The van der Waals surface area contributed by atoms with E-state index in [0.717, 1.165) is 33.9 Å². The molecule has 1 aliphatic carbocycles. The van der Waals surface area contributed by atoms with Gasteiger partial charge in [0, 0.05) is 36.9 Å². The lowest BCUT2D eigenvalue weighted by Gasteiger charge is -2.34. The molecule has 8 aromatic carbocycles. The number of benzene rings is 8. The Balaban J connectivity index is 1.17. The standard InChI is InChI=1S/C53H34N2S/c1-5-17-35(18-6-1)47-34-48(36-19-7-2-8-20-36)55-52(54-47)44-32-31-40(50-43-26-14-16-28-49(43)56-51(44)50)37-29-30-42-41-25-13-15-27-45(41)53(46(42)33-37,38-21-9-3-10-22-38)39-23-11-4-12-24-39/h1-34H. The third-order valence-corrected chi connectivity index (χ3v) is 12.6. The van der Waals surface area contributed by atoms with E-state index >= 15 is 0 Å². The second-order valence-electron chi connectivity index (χ2n) is 14.4. The Kier molecular flexibility index (Phi) is 7.61. The molecule has 0 spiro atoms. The molecule has 2 heterocycles. The summed E-state index contributed by atoms with van der Waals surface area (Å²) in [7, 11) is 0. The highest BCUT2D eigenvalue weighted by atomic mass is 32.1. The molecule has 0 unspecified atom stereocenters. The number of nitrogens with zero attached hydrogens (tertiary/aromatic N) is 2. The maximum atomic E-state index is 5.27. The van der Waals surface area contributed by atoms with Crippen molar-refractivity contribution in [3.05, 3.63) is 229 Å². The van der Waals surface area contributed by atoms with Crippen LogP contribution in [0.15, 0.2) is 206 Å². The molecule has 1 aliphatic rings. The summed E-state index contributed by atoms with van der Waals surface area (Å²) >= 11 is 1.82. The molecule has 10 aromatic rings. The van der Waals surface area contributed by atoms with Crippen LogP contribution >= 0.6 is 11.3 Å². The Morgan fingerprint density at radius 3 is 1.55 bits per heavy atom. The third kappa shape index (κ3) is 5.02.